The van der Waals surface area contributed by atoms with Crippen LogP contribution in [-0.2, 0) is 22.6 Å². The van der Waals surface area contributed by atoms with E-state index in [1.165, 1.54) is 0 Å². The van der Waals surface area contributed by atoms with Crippen LogP contribution in [0.5, 0.6) is 0 Å². The molecule has 29 heavy (non-hydrogen) atoms. The largest absolute Gasteiger partial charge is 0.394 e. The highest BCUT2D eigenvalue weighted by Gasteiger charge is 2.48. The number of aliphatic hydroxyl groups is 1. The average molecular weight is 392 g/mol. The number of aliphatic hydroxyl groups excluding tert-OH is 1. The zero-order valence-electron chi connectivity index (χ0n) is 16.6. The Morgan fingerprint density at radius 2 is 1.66 bits per heavy atom. The molecule has 2 aliphatic rings. The smallest absolute Gasteiger partial charge is 0.224 e. The van der Waals surface area contributed by atoms with Crippen LogP contribution in [0, 0.1) is 23.7 Å². The normalized spacial score (nSPS) is 25.8. The van der Waals surface area contributed by atoms with E-state index in [1.54, 1.807) is 0 Å². The standard InChI is InChI=1S/C25H29NO3/c27-15-22(13-18-7-3-1-4-8-18)26-25(28)24-21-12-11-20(14-21)23(24)17-29-16-19-9-5-2-6-10-19/h1-12,20-24,27H,13-17H2,(H,26,28)/t20-,21+,22+,23+,24-/m1/s1. The fourth-order valence-corrected chi connectivity index (χ4v) is 4.78. The number of carbonyl (C=O) groups is 1. The van der Waals surface area contributed by atoms with Gasteiger partial charge in [0.05, 0.1) is 25.9 Å². The molecule has 0 spiro atoms. The summed E-state index contributed by atoms with van der Waals surface area (Å²) in [4.78, 5) is 13.1. The van der Waals surface area contributed by atoms with Gasteiger partial charge in [-0.3, -0.25) is 4.79 Å². The minimum atomic E-state index is -0.265. The molecule has 2 bridgehead atoms. The summed E-state index contributed by atoms with van der Waals surface area (Å²) in [6, 6.07) is 19.8. The molecule has 4 nitrogen and oxygen atoms in total. The average Bonchev–Trinajstić information content (AvgIpc) is 3.36. The maximum atomic E-state index is 13.1. The highest BCUT2D eigenvalue weighted by molar-refractivity contribution is 5.80. The van der Waals surface area contributed by atoms with Crippen LogP contribution in [0.15, 0.2) is 72.8 Å². The zero-order valence-corrected chi connectivity index (χ0v) is 16.6. The lowest BCUT2D eigenvalue weighted by Gasteiger charge is -2.29. The van der Waals surface area contributed by atoms with Crippen LogP contribution in [0.2, 0.25) is 0 Å². The first-order valence-electron chi connectivity index (χ1n) is 10.5. The first-order valence-corrected chi connectivity index (χ1v) is 10.5. The number of rotatable bonds is 9. The molecular formula is C25H29NO3. The van der Waals surface area contributed by atoms with Gasteiger partial charge in [-0.15, -0.1) is 0 Å². The molecule has 1 saturated carbocycles. The lowest BCUT2D eigenvalue weighted by molar-refractivity contribution is -0.129. The summed E-state index contributed by atoms with van der Waals surface area (Å²) in [5, 5.41) is 12.9. The number of ether oxygens (including phenoxy) is 1. The fourth-order valence-electron chi connectivity index (χ4n) is 4.78. The maximum absolute atomic E-state index is 13.1. The molecule has 0 aromatic heterocycles. The van der Waals surface area contributed by atoms with Crippen LogP contribution < -0.4 is 5.32 Å². The summed E-state index contributed by atoms with van der Waals surface area (Å²) in [6.45, 7) is 1.09. The van der Waals surface area contributed by atoms with E-state index in [0.29, 0.717) is 25.6 Å². The van der Waals surface area contributed by atoms with Gasteiger partial charge >= 0.3 is 0 Å². The number of allylic oxidation sites excluding steroid dienone is 2. The lowest BCUT2D eigenvalue weighted by Crippen LogP contribution is -2.45. The van der Waals surface area contributed by atoms with Crippen molar-refractivity contribution < 1.29 is 14.6 Å². The SMILES string of the molecule is O=C(N[C@H](CO)Cc1ccccc1)[C@H]1[C@@H](COCc2ccccc2)[C@@H]2C=C[C@H]1C2. The molecule has 0 radical (unpaired) electrons. The number of fused-ring (bicyclic) bond motifs is 2. The second-order valence-corrected chi connectivity index (χ2v) is 8.22. The second-order valence-electron chi connectivity index (χ2n) is 8.22. The highest BCUT2D eigenvalue weighted by Crippen LogP contribution is 2.48. The van der Waals surface area contributed by atoms with Crippen molar-refractivity contribution in [1.29, 1.82) is 0 Å². The third-order valence-corrected chi connectivity index (χ3v) is 6.24. The zero-order chi connectivity index (χ0) is 20.1. The van der Waals surface area contributed by atoms with E-state index >= 15 is 0 Å². The molecular weight excluding hydrogens is 362 g/mol. The number of nitrogens with one attached hydrogen (secondary N) is 1. The fraction of sp³-hybridized carbons (Fsp3) is 0.400. The number of hydrogen-bond acceptors (Lipinski definition) is 3. The summed E-state index contributed by atoms with van der Waals surface area (Å²) in [6.07, 6.45) is 6.10. The molecule has 2 aliphatic carbocycles. The molecule has 0 heterocycles. The summed E-state index contributed by atoms with van der Waals surface area (Å²) in [5.41, 5.74) is 2.26. The molecule has 0 unspecified atom stereocenters. The Balaban J connectivity index is 1.36. The molecule has 1 amide bonds. The van der Waals surface area contributed by atoms with Crippen LogP contribution in [0.4, 0.5) is 0 Å². The quantitative estimate of drug-likeness (QED) is 0.645. The summed E-state index contributed by atoms with van der Waals surface area (Å²) in [5.74, 6) is 0.857. The van der Waals surface area contributed by atoms with Crippen LogP contribution in [0.3, 0.4) is 0 Å². The van der Waals surface area contributed by atoms with E-state index in [2.05, 4.69) is 29.6 Å². The monoisotopic (exact) mass is 391 g/mol. The van der Waals surface area contributed by atoms with Gasteiger partial charge in [0, 0.05) is 11.8 Å². The summed E-state index contributed by atoms with van der Waals surface area (Å²) in [7, 11) is 0. The van der Waals surface area contributed by atoms with Gasteiger partial charge in [-0.2, -0.15) is 0 Å². The topological polar surface area (TPSA) is 58.6 Å². The highest BCUT2D eigenvalue weighted by atomic mass is 16.5. The van der Waals surface area contributed by atoms with Gasteiger partial charge in [-0.25, -0.2) is 0 Å². The van der Waals surface area contributed by atoms with Gasteiger partial charge in [0.1, 0.15) is 0 Å². The Morgan fingerprint density at radius 3 is 2.34 bits per heavy atom. The Bertz CT molecular complexity index is 820. The minimum absolute atomic E-state index is 0.0464. The van der Waals surface area contributed by atoms with Gasteiger partial charge in [-0.1, -0.05) is 72.8 Å². The first kappa shape index (κ1) is 19.9. The van der Waals surface area contributed by atoms with Crippen molar-refractivity contribution in [3.8, 4) is 0 Å². The molecule has 1 fully saturated rings. The van der Waals surface area contributed by atoms with Gasteiger partial charge in [-0.05, 0) is 35.8 Å². The van der Waals surface area contributed by atoms with E-state index in [0.717, 1.165) is 17.5 Å². The third-order valence-electron chi connectivity index (χ3n) is 6.24. The van der Waals surface area contributed by atoms with Crippen LogP contribution >= 0.6 is 0 Å². The van der Waals surface area contributed by atoms with Crippen LogP contribution in [0.1, 0.15) is 17.5 Å². The molecule has 4 rings (SSSR count). The van der Waals surface area contributed by atoms with Crippen LogP contribution in [0.25, 0.3) is 0 Å². The summed E-state index contributed by atoms with van der Waals surface area (Å²) < 4.78 is 6.00. The molecule has 0 saturated heterocycles. The number of amides is 1. The Kier molecular flexibility index (Phi) is 6.43. The van der Waals surface area contributed by atoms with E-state index in [1.807, 2.05) is 48.5 Å². The lowest BCUT2D eigenvalue weighted by atomic mass is 9.82. The molecule has 4 heteroatoms. The van der Waals surface area contributed by atoms with Crippen molar-refractivity contribution in [2.45, 2.75) is 25.5 Å². The van der Waals surface area contributed by atoms with Gasteiger partial charge < -0.3 is 15.2 Å². The third kappa shape index (κ3) is 4.77. The van der Waals surface area contributed by atoms with Crippen molar-refractivity contribution in [2.24, 2.45) is 23.7 Å². The van der Waals surface area contributed by atoms with Crippen molar-refractivity contribution >= 4 is 5.91 Å². The predicted octanol–water partition coefficient (Wildman–Crippen LogP) is 3.36. The Morgan fingerprint density at radius 1 is 1.00 bits per heavy atom. The summed E-state index contributed by atoms with van der Waals surface area (Å²) >= 11 is 0. The van der Waals surface area contributed by atoms with Gasteiger partial charge in [0.15, 0.2) is 0 Å². The molecule has 2 aromatic carbocycles. The van der Waals surface area contributed by atoms with E-state index in [4.69, 9.17) is 4.74 Å². The van der Waals surface area contributed by atoms with E-state index in [9.17, 15) is 9.90 Å². The van der Waals surface area contributed by atoms with Crippen molar-refractivity contribution in [3.63, 3.8) is 0 Å². The van der Waals surface area contributed by atoms with E-state index in [-0.39, 0.29) is 36.3 Å². The predicted molar refractivity (Wildman–Crippen MR) is 113 cm³/mol. The van der Waals surface area contributed by atoms with Crippen LogP contribution in [-0.4, -0.2) is 30.3 Å². The molecule has 152 valence electrons. The van der Waals surface area contributed by atoms with E-state index < -0.39 is 0 Å². The molecule has 5 atom stereocenters. The first-order chi connectivity index (χ1) is 14.2. The molecule has 2 aromatic rings. The van der Waals surface area contributed by atoms with Gasteiger partial charge in [0.2, 0.25) is 5.91 Å². The maximum Gasteiger partial charge on any atom is 0.224 e. The Labute approximate surface area is 172 Å². The number of hydrogen-bond donors (Lipinski definition) is 2. The Hall–Kier alpha value is -2.43. The molecule has 0 aliphatic heterocycles. The number of benzene rings is 2. The van der Waals surface area contributed by atoms with Crippen molar-refractivity contribution in [1.82, 2.24) is 5.32 Å². The minimum Gasteiger partial charge on any atom is -0.394 e. The van der Waals surface area contributed by atoms with Crippen molar-refractivity contribution in [2.75, 3.05) is 13.2 Å². The number of carbonyl (C=O) groups excluding carboxylic acids is 1. The second kappa shape index (κ2) is 9.38. The van der Waals surface area contributed by atoms with Crippen molar-refractivity contribution in [3.05, 3.63) is 83.9 Å². The molecule has 2 N–H and O–H groups in total. The van der Waals surface area contributed by atoms with Gasteiger partial charge in [0.25, 0.3) is 0 Å².